The molecule has 4 rings (SSSR count). The van der Waals surface area contributed by atoms with E-state index in [1.54, 1.807) is 19.2 Å². The van der Waals surface area contributed by atoms with Gasteiger partial charge in [-0.1, -0.05) is 12.1 Å². The lowest BCUT2D eigenvalue weighted by Crippen LogP contribution is -2.64. The second kappa shape index (κ2) is 3.09. The van der Waals surface area contributed by atoms with Gasteiger partial charge in [0.25, 0.3) is 0 Å². The molecule has 0 atom stereocenters. The summed E-state index contributed by atoms with van der Waals surface area (Å²) in [7, 11) is 1.57. The number of carbonyl (C=O) groups excluding carboxylic acids is 2. The number of benzene rings is 1. The number of amides is 2. The monoisotopic (exact) mass is 230 g/mol. The van der Waals surface area contributed by atoms with Gasteiger partial charge in [0.05, 0.1) is 5.41 Å². The molecule has 4 nitrogen and oxygen atoms in total. The largest absolute Gasteiger partial charge is 0.399 e. The first-order valence-corrected chi connectivity index (χ1v) is 5.72. The third-order valence-electron chi connectivity index (χ3n) is 4.05. The average Bonchev–Trinajstić information content (AvgIpc) is 2.26. The maximum absolute atomic E-state index is 12.3. The zero-order chi connectivity index (χ0) is 12.2. The van der Waals surface area contributed by atoms with Crippen LogP contribution in [0.25, 0.3) is 0 Å². The summed E-state index contributed by atoms with van der Waals surface area (Å²) < 4.78 is 0. The number of nitrogens with zero attached hydrogens (tertiary/aromatic N) is 1. The van der Waals surface area contributed by atoms with E-state index in [4.69, 9.17) is 5.73 Å². The molecule has 17 heavy (non-hydrogen) atoms. The van der Waals surface area contributed by atoms with E-state index in [9.17, 15) is 9.59 Å². The first-order valence-electron chi connectivity index (χ1n) is 5.72. The van der Waals surface area contributed by atoms with Crippen LogP contribution in [0.2, 0.25) is 0 Å². The molecule has 2 saturated heterocycles. The average molecular weight is 230 g/mol. The molecule has 0 unspecified atom stereocenters. The van der Waals surface area contributed by atoms with Gasteiger partial charge >= 0.3 is 0 Å². The molecule has 2 N–H and O–H groups in total. The normalized spacial score (nSPS) is 31.4. The molecule has 0 radical (unpaired) electrons. The highest BCUT2D eigenvalue weighted by Crippen LogP contribution is 2.53. The van der Waals surface area contributed by atoms with E-state index in [0.717, 1.165) is 5.56 Å². The fraction of sp³-hybridized carbons (Fsp3) is 0.385. The summed E-state index contributed by atoms with van der Waals surface area (Å²) >= 11 is 0. The number of rotatable bonds is 1. The van der Waals surface area contributed by atoms with Crippen LogP contribution in [0.15, 0.2) is 24.3 Å². The topological polar surface area (TPSA) is 63.4 Å². The van der Waals surface area contributed by atoms with E-state index < -0.39 is 5.41 Å². The molecule has 1 aliphatic carbocycles. The van der Waals surface area contributed by atoms with Gasteiger partial charge in [0, 0.05) is 18.7 Å². The lowest BCUT2D eigenvalue weighted by Gasteiger charge is -2.52. The Bertz CT molecular complexity index is 501. The SMILES string of the molecule is CN1C(=O)C2CC(c3ccc(N)cc3)(C2)C1=O. The minimum absolute atomic E-state index is 0.0234. The number of imide groups is 1. The van der Waals surface area contributed by atoms with E-state index in [2.05, 4.69) is 0 Å². The van der Waals surface area contributed by atoms with Crippen molar-refractivity contribution < 1.29 is 9.59 Å². The van der Waals surface area contributed by atoms with Crippen molar-refractivity contribution in [3.05, 3.63) is 29.8 Å². The van der Waals surface area contributed by atoms with E-state index in [-0.39, 0.29) is 17.7 Å². The Morgan fingerprint density at radius 2 is 1.82 bits per heavy atom. The molecule has 3 fully saturated rings. The van der Waals surface area contributed by atoms with Crippen molar-refractivity contribution in [3.63, 3.8) is 0 Å². The van der Waals surface area contributed by atoms with Gasteiger partial charge in [-0.2, -0.15) is 0 Å². The van der Waals surface area contributed by atoms with Crippen LogP contribution in [0.3, 0.4) is 0 Å². The van der Waals surface area contributed by atoms with Crippen LogP contribution >= 0.6 is 0 Å². The maximum Gasteiger partial charge on any atom is 0.239 e. The molecule has 2 amide bonds. The van der Waals surface area contributed by atoms with Gasteiger partial charge in [0.2, 0.25) is 11.8 Å². The van der Waals surface area contributed by atoms with Crippen molar-refractivity contribution in [2.45, 2.75) is 18.3 Å². The van der Waals surface area contributed by atoms with E-state index in [1.165, 1.54) is 4.90 Å². The second-order valence-corrected chi connectivity index (χ2v) is 5.01. The van der Waals surface area contributed by atoms with E-state index >= 15 is 0 Å². The Balaban J connectivity index is 2.01. The fourth-order valence-electron chi connectivity index (χ4n) is 2.99. The van der Waals surface area contributed by atoms with Crippen LogP contribution in [-0.4, -0.2) is 23.8 Å². The van der Waals surface area contributed by atoms with Crippen molar-refractivity contribution in [2.75, 3.05) is 12.8 Å². The summed E-state index contributed by atoms with van der Waals surface area (Å²) in [5.41, 5.74) is 6.84. The molecule has 2 bridgehead atoms. The molecular formula is C13H14N2O2. The third kappa shape index (κ3) is 1.18. The molecule has 1 saturated carbocycles. The van der Waals surface area contributed by atoms with Crippen LogP contribution in [0.1, 0.15) is 18.4 Å². The Labute approximate surface area is 99.4 Å². The molecule has 4 heteroatoms. The van der Waals surface area contributed by atoms with E-state index in [0.29, 0.717) is 18.5 Å². The smallest absolute Gasteiger partial charge is 0.239 e. The van der Waals surface area contributed by atoms with Crippen molar-refractivity contribution in [1.29, 1.82) is 0 Å². The van der Waals surface area contributed by atoms with Crippen molar-refractivity contribution >= 4 is 17.5 Å². The lowest BCUT2D eigenvalue weighted by molar-refractivity contribution is -0.166. The summed E-state index contributed by atoms with van der Waals surface area (Å²) in [5.74, 6) is -0.0858. The highest BCUT2D eigenvalue weighted by Gasteiger charge is 2.60. The molecule has 0 aromatic heterocycles. The summed E-state index contributed by atoms with van der Waals surface area (Å²) in [4.78, 5) is 25.2. The Hall–Kier alpha value is -1.84. The second-order valence-electron chi connectivity index (χ2n) is 5.01. The fourth-order valence-corrected chi connectivity index (χ4v) is 2.99. The van der Waals surface area contributed by atoms with Crippen LogP contribution in [0.5, 0.6) is 0 Å². The lowest BCUT2D eigenvalue weighted by atomic mass is 9.55. The zero-order valence-corrected chi connectivity index (χ0v) is 9.64. The van der Waals surface area contributed by atoms with Crippen molar-refractivity contribution in [2.24, 2.45) is 5.92 Å². The number of likely N-dealkylation sites (N-methyl/N-ethyl adjacent to an activating group) is 1. The minimum atomic E-state index is -0.471. The number of anilines is 1. The number of nitrogen functional groups attached to an aromatic ring is 1. The number of nitrogens with two attached hydrogens (primary N) is 1. The highest BCUT2D eigenvalue weighted by atomic mass is 16.2. The van der Waals surface area contributed by atoms with Gasteiger partial charge < -0.3 is 5.73 Å². The summed E-state index contributed by atoms with van der Waals surface area (Å²) in [6, 6.07) is 7.41. The summed E-state index contributed by atoms with van der Waals surface area (Å²) in [6.45, 7) is 0. The number of piperidine rings is 2. The number of carbonyl (C=O) groups is 2. The van der Waals surface area contributed by atoms with Gasteiger partial charge in [-0.15, -0.1) is 0 Å². The zero-order valence-electron chi connectivity index (χ0n) is 9.64. The minimum Gasteiger partial charge on any atom is -0.399 e. The predicted octanol–water partition coefficient (Wildman–Crippen LogP) is 0.915. The Morgan fingerprint density at radius 3 is 2.41 bits per heavy atom. The number of hydrogen-bond donors (Lipinski definition) is 1. The Morgan fingerprint density at radius 1 is 1.24 bits per heavy atom. The van der Waals surface area contributed by atoms with Crippen LogP contribution < -0.4 is 5.73 Å². The predicted molar refractivity (Wildman–Crippen MR) is 63.0 cm³/mol. The van der Waals surface area contributed by atoms with Gasteiger partial charge in [0.1, 0.15) is 0 Å². The van der Waals surface area contributed by atoms with Gasteiger partial charge in [0.15, 0.2) is 0 Å². The van der Waals surface area contributed by atoms with E-state index in [1.807, 2.05) is 12.1 Å². The van der Waals surface area contributed by atoms with Crippen LogP contribution in [-0.2, 0) is 15.0 Å². The first kappa shape index (κ1) is 10.3. The van der Waals surface area contributed by atoms with Gasteiger partial charge in [-0.05, 0) is 30.5 Å². The molecule has 1 aromatic rings. The van der Waals surface area contributed by atoms with Gasteiger partial charge in [-0.3, -0.25) is 14.5 Å². The molecule has 3 aliphatic rings. The molecule has 88 valence electrons. The molecule has 2 heterocycles. The number of fused-ring (bicyclic) bond motifs is 2. The molecular weight excluding hydrogens is 216 g/mol. The van der Waals surface area contributed by atoms with Crippen LogP contribution in [0.4, 0.5) is 5.69 Å². The summed E-state index contributed by atoms with van der Waals surface area (Å²) in [5, 5.41) is 0. The third-order valence-corrected chi connectivity index (χ3v) is 4.05. The summed E-state index contributed by atoms with van der Waals surface area (Å²) in [6.07, 6.45) is 1.30. The molecule has 0 spiro atoms. The van der Waals surface area contributed by atoms with Crippen molar-refractivity contribution in [1.82, 2.24) is 4.90 Å². The molecule has 2 aliphatic heterocycles. The number of hydrogen-bond acceptors (Lipinski definition) is 3. The maximum atomic E-state index is 12.3. The van der Waals surface area contributed by atoms with Gasteiger partial charge in [-0.25, -0.2) is 0 Å². The Kier molecular flexibility index (Phi) is 1.88. The molecule has 1 aromatic carbocycles. The quantitative estimate of drug-likeness (QED) is 0.576. The van der Waals surface area contributed by atoms with Crippen molar-refractivity contribution in [3.8, 4) is 0 Å². The first-order chi connectivity index (χ1) is 8.04. The highest BCUT2D eigenvalue weighted by molar-refractivity contribution is 6.07. The standard InChI is InChI=1S/C13H14N2O2/c1-15-11(16)8-6-13(7-8,12(15)17)9-2-4-10(14)5-3-9/h2-5,8H,6-7,14H2,1H3. The van der Waals surface area contributed by atoms with Crippen LogP contribution in [0, 0.1) is 5.92 Å².